The average Bonchev–Trinajstić information content (AvgIpc) is 2.34. The van der Waals surface area contributed by atoms with Crippen LogP contribution >= 0.6 is 0 Å². The second-order valence-electron chi connectivity index (χ2n) is 5.67. The number of nitrogens with one attached hydrogen (secondary N) is 1. The lowest BCUT2D eigenvalue weighted by atomic mass is 10.1. The van der Waals surface area contributed by atoms with Gasteiger partial charge in [0, 0.05) is 36.6 Å². The summed E-state index contributed by atoms with van der Waals surface area (Å²) in [5.74, 6) is 0.874. The maximum absolute atomic E-state index is 5.91. The van der Waals surface area contributed by atoms with Gasteiger partial charge in [-0.3, -0.25) is 4.98 Å². The molecule has 1 heterocycles. The molecule has 0 bridgehead atoms. The first-order chi connectivity index (χ1) is 8.92. The fourth-order valence-electron chi connectivity index (χ4n) is 1.56. The molecule has 19 heavy (non-hydrogen) atoms. The standard InChI is InChI=1S/C15H26N2O2/c1-6-18-11-12(2)19-14-7-8-16-9-13(14)10-17-15(3,4)5/h7-9,12,17H,6,10-11H2,1-5H3. The Bertz CT molecular complexity index is 375. The Morgan fingerprint density at radius 1 is 1.37 bits per heavy atom. The van der Waals surface area contributed by atoms with Crippen LogP contribution in [-0.4, -0.2) is 29.8 Å². The zero-order chi connectivity index (χ0) is 14.3. The first kappa shape index (κ1) is 15.9. The van der Waals surface area contributed by atoms with E-state index in [9.17, 15) is 0 Å². The Labute approximate surface area is 116 Å². The summed E-state index contributed by atoms with van der Waals surface area (Å²) in [7, 11) is 0. The van der Waals surface area contributed by atoms with Crippen LogP contribution in [0.5, 0.6) is 5.75 Å². The predicted molar refractivity (Wildman–Crippen MR) is 77.4 cm³/mol. The Morgan fingerprint density at radius 2 is 2.11 bits per heavy atom. The first-order valence-corrected chi connectivity index (χ1v) is 6.84. The summed E-state index contributed by atoms with van der Waals surface area (Å²) in [5, 5.41) is 3.44. The molecule has 1 N–H and O–H groups in total. The van der Waals surface area contributed by atoms with Crippen LogP contribution in [0.2, 0.25) is 0 Å². The van der Waals surface area contributed by atoms with Crippen LogP contribution in [0.4, 0.5) is 0 Å². The summed E-state index contributed by atoms with van der Waals surface area (Å²) in [5.41, 5.74) is 1.14. The van der Waals surface area contributed by atoms with Crippen molar-refractivity contribution in [3.05, 3.63) is 24.0 Å². The fraction of sp³-hybridized carbons (Fsp3) is 0.667. The molecule has 0 saturated carbocycles. The number of aromatic nitrogens is 1. The molecular weight excluding hydrogens is 240 g/mol. The van der Waals surface area contributed by atoms with E-state index < -0.39 is 0 Å². The van der Waals surface area contributed by atoms with Gasteiger partial charge in [-0.15, -0.1) is 0 Å². The van der Waals surface area contributed by atoms with Crippen molar-refractivity contribution in [2.24, 2.45) is 0 Å². The Kier molecular flexibility index (Phi) is 6.25. The van der Waals surface area contributed by atoms with Crippen molar-refractivity contribution in [1.82, 2.24) is 10.3 Å². The van der Waals surface area contributed by atoms with Gasteiger partial charge in [0.1, 0.15) is 11.9 Å². The van der Waals surface area contributed by atoms with E-state index in [0.717, 1.165) is 17.9 Å². The third-order valence-electron chi connectivity index (χ3n) is 2.55. The molecular formula is C15H26N2O2. The van der Waals surface area contributed by atoms with Crippen LogP contribution in [-0.2, 0) is 11.3 Å². The topological polar surface area (TPSA) is 43.4 Å². The highest BCUT2D eigenvalue weighted by atomic mass is 16.5. The minimum atomic E-state index is 0.0377. The van der Waals surface area contributed by atoms with Crippen LogP contribution in [0.25, 0.3) is 0 Å². The third kappa shape index (κ3) is 6.55. The zero-order valence-corrected chi connectivity index (χ0v) is 12.7. The molecule has 0 aliphatic heterocycles. The average molecular weight is 266 g/mol. The smallest absolute Gasteiger partial charge is 0.127 e. The molecule has 0 saturated heterocycles. The van der Waals surface area contributed by atoms with Crippen molar-refractivity contribution in [2.75, 3.05) is 13.2 Å². The van der Waals surface area contributed by atoms with Crippen LogP contribution in [0.15, 0.2) is 18.5 Å². The molecule has 1 aromatic rings. The molecule has 108 valence electrons. The maximum atomic E-state index is 5.91. The largest absolute Gasteiger partial charge is 0.488 e. The van der Waals surface area contributed by atoms with Gasteiger partial charge >= 0.3 is 0 Å². The van der Waals surface area contributed by atoms with Crippen molar-refractivity contribution >= 4 is 0 Å². The second-order valence-corrected chi connectivity index (χ2v) is 5.67. The van der Waals surface area contributed by atoms with E-state index >= 15 is 0 Å². The summed E-state index contributed by atoms with van der Waals surface area (Å²) >= 11 is 0. The minimum Gasteiger partial charge on any atom is -0.488 e. The van der Waals surface area contributed by atoms with Gasteiger partial charge in [0.2, 0.25) is 0 Å². The lowest BCUT2D eigenvalue weighted by molar-refractivity contribution is 0.0650. The van der Waals surface area contributed by atoms with E-state index in [-0.39, 0.29) is 11.6 Å². The summed E-state index contributed by atoms with van der Waals surface area (Å²) in [6, 6.07) is 1.90. The van der Waals surface area contributed by atoms with Gasteiger partial charge in [-0.2, -0.15) is 0 Å². The SMILES string of the molecule is CCOCC(C)Oc1ccncc1CNC(C)(C)C. The molecule has 1 atom stereocenters. The van der Waals surface area contributed by atoms with Crippen molar-refractivity contribution < 1.29 is 9.47 Å². The van der Waals surface area contributed by atoms with Gasteiger partial charge in [0.25, 0.3) is 0 Å². The van der Waals surface area contributed by atoms with E-state index in [1.807, 2.05) is 26.1 Å². The molecule has 1 aromatic heterocycles. The van der Waals surface area contributed by atoms with Gasteiger partial charge in [-0.1, -0.05) is 0 Å². The first-order valence-electron chi connectivity index (χ1n) is 6.84. The van der Waals surface area contributed by atoms with Crippen LogP contribution in [0.1, 0.15) is 40.2 Å². The highest BCUT2D eigenvalue weighted by Crippen LogP contribution is 2.19. The van der Waals surface area contributed by atoms with Gasteiger partial charge in [0.15, 0.2) is 0 Å². The van der Waals surface area contributed by atoms with Crippen LogP contribution < -0.4 is 10.1 Å². The molecule has 1 rings (SSSR count). The highest BCUT2D eigenvalue weighted by Gasteiger charge is 2.12. The lowest BCUT2D eigenvalue weighted by Gasteiger charge is -2.22. The number of ether oxygens (including phenoxy) is 2. The molecule has 0 aromatic carbocycles. The molecule has 0 aliphatic carbocycles. The maximum Gasteiger partial charge on any atom is 0.127 e. The lowest BCUT2D eigenvalue weighted by Crippen LogP contribution is -2.35. The van der Waals surface area contributed by atoms with Gasteiger partial charge < -0.3 is 14.8 Å². The monoisotopic (exact) mass is 266 g/mol. The number of hydrogen-bond acceptors (Lipinski definition) is 4. The summed E-state index contributed by atoms with van der Waals surface area (Å²) < 4.78 is 11.3. The van der Waals surface area contributed by atoms with Crippen molar-refractivity contribution in [3.63, 3.8) is 0 Å². The van der Waals surface area contributed by atoms with E-state index in [2.05, 4.69) is 31.1 Å². The van der Waals surface area contributed by atoms with Gasteiger partial charge in [-0.05, 0) is 40.7 Å². The highest BCUT2D eigenvalue weighted by molar-refractivity contribution is 5.30. The molecule has 0 spiro atoms. The number of hydrogen-bond donors (Lipinski definition) is 1. The number of pyridine rings is 1. The van der Waals surface area contributed by atoms with E-state index in [1.54, 1.807) is 6.20 Å². The Hall–Kier alpha value is -1.13. The summed E-state index contributed by atoms with van der Waals surface area (Å²) in [6.45, 7) is 12.5. The number of nitrogens with zero attached hydrogens (tertiary/aromatic N) is 1. The molecule has 0 amide bonds. The van der Waals surface area contributed by atoms with Crippen LogP contribution in [0, 0.1) is 0 Å². The molecule has 4 nitrogen and oxygen atoms in total. The molecule has 4 heteroatoms. The molecule has 0 aliphatic rings. The van der Waals surface area contributed by atoms with Crippen molar-refractivity contribution in [2.45, 2.75) is 52.8 Å². The predicted octanol–water partition coefficient (Wildman–Crippen LogP) is 2.77. The third-order valence-corrected chi connectivity index (χ3v) is 2.55. The molecule has 0 radical (unpaired) electrons. The van der Waals surface area contributed by atoms with Crippen molar-refractivity contribution in [3.8, 4) is 5.75 Å². The second kappa shape index (κ2) is 7.46. The minimum absolute atomic E-state index is 0.0377. The quantitative estimate of drug-likeness (QED) is 0.824. The Balaban J connectivity index is 2.62. The van der Waals surface area contributed by atoms with E-state index in [1.165, 1.54) is 0 Å². The van der Waals surface area contributed by atoms with Gasteiger partial charge in [-0.25, -0.2) is 0 Å². The van der Waals surface area contributed by atoms with E-state index in [4.69, 9.17) is 9.47 Å². The molecule has 1 unspecified atom stereocenters. The Morgan fingerprint density at radius 3 is 2.74 bits per heavy atom. The zero-order valence-electron chi connectivity index (χ0n) is 12.7. The van der Waals surface area contributed by atoms with Crippen molar-refractivity contribution in [1.29, 1.82) is 0 Å². The summed E-state index contributed by atoms with van der Waals surface area (Å²) in [4.78, 5) is 4.16. The van der Waals surface area contributed by atoms with Crippen LogP contribution in [0.3, 0.4) is 0 Å². The molecule has 0 fully saturated rings. The summed E-state index contributed by atoms with van der Waals surface area (Å²) in [6.07, 6.45) is 3.64. The normalized spacial score (nSPS) is 13.3. The van der Waals surface area contributed by atoms with E-state index in [0.29, 0.717) is 13.2 Å². The number of rotatable bonds is 7. The van der Waals surface area contributed by atoms with Gasteiger partial charge in [0.05, 0.1) is 6.61 Å². The fourth-order valence-corrected chi connectivity index (χ4v) is 1.56.